The number of hydrogen-bond donors (Lipinski definition) is 0. The Bertz CT molecular complexity index is 1760. The number of rotatable bonds is 6. The highest BCUT2D eigenvalue weighted by Crippen LogP contribution is 2.32. The van der Waals surface area contributed by atoms with Gasteiger partial charge in [0, 0.05) is 16.5 Å². The predicted octanol–water partition coefficient (Wildman–Crippen LogP) is 4.99. The first-order valence-corrected chi connectivity index (χ1v) is 12.9. The molecular formula is C26H20ClN3O5S. The molecule has 0 atom stereocenters. The number of aryl methyl sites for hydroxylation is 1. The lowest BCUT2D eigenvalue weighted by atomic mass is 10.0. The standard InChI is InChI=1S/C26H20ClN3O5S/c1-16-11-17(3-7-21(16)27)18-4-8-23(24(13-18)34-2)30-22-9-6-20(12-19(22)5-10-26(30)31)36(32,33)14-25-28-15-35-29-25/h3-13,15H,14H2,1-2H3. The number of aromatic nitrogens is 3. The first kappa shape index (κ1) is 23.8. The van der Waals surface area contributed by atoms with Gasteiger partial charge in [0.25, 0.3) is 5.56 Å². The number of fused-ring (bicyclic) bond motifs is 1. The zero-order chi connectivity index (χ0) is 25.4. The van der Waals surface area contributed by atoms with Gasteiger partial charge in [-0.05, 0) is 72.1 Å². The maximum absolute atomic E-state index is 13.0. The highest BCUT2D eigenvalue weighted by atomic mass is 35.5. The first-order chi connectivity index (χ1) is 17.3. The lowest BCUT2D eigenvalue weighted by Gasteiger charge is -2.16. The number of benzene rings is 3. The van der Waals surface area contributed by atoms with Crippen molar-refractivity contribution in [3.8, 4) is 22.6 Å². The molecule has 0 unspecified atom stereocenters. The van der Waals surface area contributed by atoms with Crippen LogP contribution in [0.4, 0.5) is 0 Å². The van der Waals surface area contributed by atoms with E-state index in [1.165, 1.54) is 29.9 Å². The number of methoxy groups -OCH3 is 1. The largest absolute Gasteiger partial charge is 0.495 e. The van der Waals surface area contributed by atoms with E-state index >= 15 is 0 Å². The molecule has 10 heteroatoms. The van der Waals surface area contributed by atoms with Gasteiger partial charge >= 0.3 is 0 Å². The zero-order valence-electron chi connectivity index (χ0n) is 19.3. The van der Waals surface area contributed by atoms with Crippen LogP contribution in [-0.4, -0.2) is 30.2 Å². The number of hydrogen-bond acceptors (Lipinski definition) is 7. The SMILES string of the molecule is COc1cc(-c2ccc(Cl)c(C)c2)ccc1-n1c(=O)ccc2cc(S(=O)(=O)Cc3ncon3)ccc21. The molecule has 8 nitrogen and oxygen atoms in total. The van der Waals surface area contributed by atoms with Crippen molar-refractivity contribution >= 4 is 32.3 Å². The summed E-state index contributed by atoms with van der Waals surface area (Å²) >= 11 is 6.17. The number of pyridine rings is 1. The fourth-order valence-electron chi connectivity index (χ4n) is 4.04. The van der Waals surface area contributed by atoms with Crippen LogP contribution in [0.3, 0.4) is 0 Å². The quantitative estimate of drug-likeness (QED) is 0.310. The Balaban J connectivity index is 1.61. The second-order valence-corrected chi connectivity index (χ2v) is 10.6. The summed E-state index contributed by atoms with van der Waals surface area (Å²) in [6.45, 7) is 1.93. The van der Waals surface area contributed by atoms with Crippen LogP contribution in [0.15, 0.2) is 87.3 Å². The molecular weight excluding hydrogens is 502 g/mol. The molecule has 0 saturated heterocycles. The second kappa shape index (κ2) is 9.25. The van der Waals surface area contributed by atoms with Gasteiger partial charge in [-0.1, -0.05) is 28.9 Å². The highest BCUT2D eigenvalue weighted by Gasteiger charge is 2.20. The number of nitrogens with zero attached hydrogens (tertiary/aromatic N) is 3. The lowest BCUT2D eigenvalue weighted by molar-refractivity contribution is 0.411. The molecule has 0 aliphatic heterocycles. The molecule has 0 N–H and O–H groups in total. The molecule has 182 valence electrons. The Morgan fingerprint density at radius 1 is 1.00 bits per heavy atom. The molecule has 0 fully saturated rings. The van der Waals surface area contributed by atoms with Gasteiger partial charge in [-0.15, -0.1) is 0 Å². The van der Waals surface area contributed by atoms with Crippen molar-refractivity contribution in [3.05, 3.63) is 99.9 Å². The second-order valence-electron chi connectivity index (χ2n) is 8.18. The smallest absolute Gasteiger partial charge is 0.255 e. The van der Waals surface area contributed by atoms with Crippen LogP contribution in [0.1, 0.15) is 11.4 Å². The number of sulfone groups is 1. The van der Waals surface area contributed by atoms with E-state index in [1.807, 2.05) is 37.3 Å². The van der Waals surface area contributed by atoms with Crippen LogP contribution >= 0.6 is 11.6 Å². The van der Waals surface area contributed by atoms with Gasteiger partial charge in [0.2, 0.25) is 6.39 Å². The summed E-state index contributed by atoms with van der Waals surface area (Å²) in [7, 11) is -2.19. The summed E-state index contributed by atoms with van der Waals surface area (Å²) < 4.78 is 37.5. The zero-order valence-corrected chi connectivity index (χ0v) is 20.9. The van der Waals surface area contributed by atoms with E-state index in [0.717, 1.165) is 23.1 Å². The van der Waals surface area contributed by atoms with Gasteiger partial charge in [0.1, 0.15) is 11.5 Å². The monoisotopic (exact) mass is 521 g/mol. The van der Waals surface area contributed by atoms with E-state index in [4.69, 9.17) is 16.3 Å². The Kier molecular flexibility index (Phi) is 6.11. The van der Waals surface area contributed by atoms with Crippen LogP contribution in [0, 0.1) is 6.92 Å². The van der Waals surface area contributed by atoms with Gasteiger partial charge in [-0.2, -0.15) is 4.98 Å². The summed E-state index contributed by atoms with van der Waals surface area (Å²) in [5.41, 5.74) is 3.60. The fourth-order valence-corrected chi connectivity index (χ4v) is 5.37. The van der Waals surface area contributed by atoms with Gasteiger partial charge in [-0.25, -0.2) is 8.42 Å². The molecule has 0 amide bonds. The first-order valence-electron chi connectivity index (χ1n) is 10.9. The molecule has 5 rings (SSSR count). The minimum absolute atomic E-state index is 0.0702. The Hall–Kier alpha value is -3.95. The summed E-state index contributed by atoms with van der Waals surface area (Å²) in [4.78, 5) is 16.9. The predicted molar refractivity (Wildman–Crippen MR) is 136 cm³/mol. The minimum Gasteiger partial charge on any atom is -0.495 e. The molecule has 2 heterocycles. The minimum atomic E-state index is -3.72. The van der Waals surface area contributed by atoms with Crippen LogP contribution in [-0.2, 0) is 15.6 Å². The van der Waals surface area contributed by atoms with E-state index in [0.29, 0.717) is 27.4 Å². The number of ether oxygens (including phenoxy) is 1. The Morgan fingerprint density at radius 2 is 1.78 bits per heavy atom. The van der Waals surface area contributed by atoms with E-state index in [1.54, 1.807) is 18.2 Å². The van der Waals surface area contributed by atoms with E-state index < -0.39 is 15.6 Å². The topological polar surface area (TPSA) is 104 Å². The van der Waals surface area contributed by atoms with E-state index in [-0.39, 0.29) is 16.3 Å². The van der Waals surface area contributed by atoms with Crippen molar-refractivity contribution in [2.75, 3.05) is 7.11 Å². The van der Waals surface area contributed by atoms with Crippen LogP contribution < -0.4 is 10.3 Å². The molecule has 0 aliphatic carbocycles. The molecule has 3 aromatic carbocycles. The average Bonchev–Trinajstić information content (AvgIpc) is 3.37. The molecule has 0 saturated carbocycles. The average molecular weight is 522 g/mol. The highest BCUT2D eigenvalue weighted by molar-refractivity contribution is 7.90. The normalized spacial score (nSPS) is 11.6. The molecule has 5 aromatic rings. The Labute approximate surface area is 211 Å². The lowest BCUT2D eigenvalue weighted by Crippen LogP contribution is -2.18. The van der Waals surface area contributed by atoms with Crippen molar-refractivity contribution in [3.63, 3.8) is 0 Å². The molecule has 0 spiro atoms. The summed E-state index contributed by atoms with van der Waals surface area (Å²) in [5, 5.41) is 4.84. The number of halogens is 1. The van der Waals surface area contributed by atoms with Gasteiger partial charge in [0.15, 0.2) is 15.7 Å². The third-order valence-electron chi connectivity index (χ3n) is 5.86. The summed E-state index contributed by atoms with van der Waals surface area (Å²) in [6, 6.07) is 18.9. The van der Waals surface area contributed by atoms with Crippen molar-refractivity contribution in [2.24, 2.45) is 0 Å². The van der Waals surface area contributed by atoms with Crippen molar-refractivity contribution in [1.29, 1.82) is 0 Å². The molecule has 2 aromatic heterocycles. The molecule has 36 heavy (non-hydrogen) atoms. The molecule has 0 bridgehead atoms. The fraction of sp³-hybridized carbons (Fsp3) is 0.115. The van der Waals surface area contributed by atoms with E-state index in [9.17, 15) is 13.2 Å². The van der Waals surface area contributed by atoms with Crippen LogP contribution in [0.2, 0.25) is 5.02 Å². The third kappa shape index (κ3) is 4.38. The van der Waals surface area contributed by atoms with Gasteiger partial charge in [0.05, 0.1) is 23.2 Å². The van der Waals surface area contributed by atoms with E-state index in [2.05, 4.69) is 14.7 Å². The van der Waals surface area contributed by atoms with Gasteiger partial charge in [-0.3, -0.25) is 9.36 Å². The summed E-state index contributed by atoms with van der Waals surface area (Å²) in [5.74, 6) is 0.165. The van der Waals surface area contributed by atoms with Crippen molar-refractivity contribution in [2.45, 2.75) is 17.6 Å². The third-order valence-corrected chi connectivity index (χ3v) is 7.90. The maximum Gasteiger partial charge on any atom is 0.255 e. The van der Waals surface area contributed by atoms with Crippen molar-refractivity contribution < 1.29 is 17.7 Å². The van der Waals surface area contributed by atoms with Gasteiger partial charge < -0.3 is 9.26 Å². The Morgan fingerprint density at radius 3 is 2.50 bits per heavy atom. The van der Waals surface area contributed by atoms with Crippen LogP contribution in [0.5, 0.6) is 5.75 Å². The molecule has 0 radical (unpaired) electrons. The summed E-state index contributed by atoms with van der Waals surface area (Å²) in [6.07, 6.45) is 1.08. The maximum atomic E-state index is 13.0. The molecule has 0 aliphatic rings. The van der Waals surface area contributed by atoms with Crippen LogP contribution in [0.25, 0.3) is 27.7 Å². The van der Waals surface area contributed by atoms with Crippen molar-refractivity contribution in [1.82, 2.24) is 14.7 Å².